The number of carbonyl (C=O) groups excluding carboxylic acids is 1. The van der Waals surface area contributed by atoms with Gasteiger partial charge in [0.25, 0.3) is 0 Å². The maximum atomic E-state index is 11.1. The summed E-state index contributed by atoms with van der Waals surface area (Å²) < 4.78 is 11.1. The first-order valence-corrected chi connectivity index (χ1v) is 7.27. The molecule has 0 fully saturated rings. The number of para-hydroxylation sites is 1. The van der Waals surface area contributed by atoms with Crippen LogP contribution in [0.5, 0.6) is 0 Å². The van der Waals surface area contributed by atoms with Crippen molar-refractivity contribution in [1.82, 2.24) is 5.32 Å². The average molecular weight is 272 g/mol. The Morgan fingerprint density at radius 3 is 2.44 bits per heavy atom. The van der Waals surface area contributed by atoms with Gasteiger partial charge in [-0.25, -0.2) is 0 Å². The largest absolute Gasteiger partial charge is 0.358 e. The van der Waals surface area contributed by atoms with Crippen LogP contribution < -0.4 is 10.2 Å². The summed E-state index contributed by atoms with van der Waals surface area (Å²) in [5, 5.41) is 2.60. The van der Waals surface area contributed by atoms with Crippen molar-refractivity contribution in [2.24, 2.45) is 0 Å². The zero-order valence-electron chi connectivity index (χ0n) is 10.1. The van der Waals surface area contributed by atoms with Crippen molar-refractivity contribution in [3.63, 3.8) is 0 Å². The standard InChI is InChI=1S/C11H17N2O4P/c1-10(14)12-7-8-13(9-18(15,16)17)11-5-3-2-4-6-11/h2-6H,7-9H2,1H3,(H,12,14)(H2,15,16,17). The van der Waals surface area contributed by atoms with E-state index in [4.69, 9.17) is 9.79 Å². The van der Waals surface area contributed by atoms with E-state index >= 15 is 0 Å². The van der Waals surface area contributed by atoms with Crippen LogP contribution in [0.15, 0.2) is 30.3 Å². The molecular weight excluding hydrogens is 255 g/mol. The van der Waals surface area contributed by atoms with Crippen molar-refractivity contribution < 1.29 is 19.1 Å². The van der Waals surface area contributed by atoms with Gasteiger partial charge in [0, 0.05) is 25.7 Å². The van der Waals surface area contributed by atoms with Crippen molar-refractivity contribution >= 4 is 19.2 Å². The number of anilines is 1. The average Bonchev–Trinajstić information content (AvgIpc) is 2.27. The lowest BCUT2D eigenvalue weighted by Gasteiger charge is -2.25. The maximum Gasteiger partial charge on any atom is 0.344 e. The lowest BCUT2D eigenvalue weighted by atomic mass is 10.3. The molecule has 1 aromatic rings. The molecular formula is C11H17N2O4P. The van der Waals surface area contributed by atoms with E-state index < -0.39 is 7.60 Å². The van der Waals surface area contributed by atoms with Crippen molar-refractivity contribution in [2.75, 3.05) is 24.3 Å². The lowest BCUT2D eigenvalue weighted by Crippen LogP contribution is -2.34. The highest BCUT2D eigenvalue weighted by Gasteiger charge is 2.19. The van der Waals surface area contributed by atoms with E-state index in [1.807, 2.05) is 6.07 Å². The van der Waals surface area contributed by atoms with Crippen LogP contribution in [0.25, 0.3) is 0 Å². The number of carbonyl (C=O) groups is 1. The molecule has 0 aliphatic heterocycles. The van der Waals surface area contributed by atoms with E-state index in [0.717, 1.165) is 0 Å². The highest BCUT2D eigenvalue weighted by atomic mass is 31.2. The van der Waals surface area contributed by atoms with Crippen molar-refractivity contribution in [1.29, 1.82) is 0 Å². The fraction of sp³-hybridized carbons (Fsp3) is 0.364. The summed E-state index contributed by atoms with van der Waals surface area (Å²) in [5.74, 6) is -0.167. The van der Waals surface area contributed by atoms with Gasteiger partial charge < -0.3 is 20.0 Å². The highest BCUT2D eigenvalue weighted by Crippen LogP contribution is 2.36. The van der Waals surface area contributed by atoms with Gasteiger partial charge in [-0.05, 0) is 12.1 Å². The Morgan fingerprint density at radius 1 is 1.33 bits per heavy atom. The first-order chi connectivity index (χ1) is 8.38. The number of hydrogen-bond acceptors (Lipinski definition) is 3. The number of rotatable bonds is 6. The van der Waals surface area contributed by atoms with Gasteiger partial charge in [0.2, 0.25) is 5.91 Å². The van der Waals surface area contributed by atoms with Gasteiger partial charge in [-0.2, -0.15) is 0 Å². The predicted molar refractivity (Wildman–Crippen MR) is 69.4 cm³/mol. The molecule has 1 rings (SSSR count). The van der Waals surface area contributed by atoms with Crippen LogP contribution in [-0.4, -0.2) is 35.1 Å². The fourth-order valence-corrected chi connectivity index (χ4v) is 2.26. The van der Waals surface area contributed by atoms with E-state index in [0.29, 0.717) is 18.8 Å². The Labute approximate surface area is 106 Å². The van der Waals surface area contributed by atoms with Gasteiger partial charge in [-0.1, -0.05) is 18.2 Å². The van der Waals surface area contributed by atoms with Gasteiger partial charge in [-0.15, -0.1) is 0 Å². The van der Waals surface area contributed by atoms with Crippen LogP contribution in [0.3, 0.4) is 0 Å². The Bertz CT molecular complexity index is 432. The van der Waals surface area contributed by atoms with Crippen LogP contribution in [0, 0.1) is 0 Å². The van der Waals surface area contributed by atoms with Gasteiger partial charge in [-0.3, -0.25) is 9.36 Å². The minimum absolute atomic E-state index is 0.167. The number of hydrogen-bond donors (Lipinski definition) is 3. The topological polar surface area (TPSA) is 89.9 Å². The lowest BCUT2D eigenvalue weighted by molar-refractivity contribution is -0.118. The first-order valence-electron chi connectivity index (χ1n) is 5.47. The third kappa shape index (κ3) is 5.82. The molecule has 6 nitrogen and oxygen atoms in total. The molecule has 1 aromatic carbocycles. The molecule has 0 bridgehead atoms. The number of benzene rings is 1. The molecule has 100 valence electrons. The Morgan fingerprint density at radius 2 is 1.94 bits per heavy atom. The van der Waals surface area contributed by atoms with Crippen LogP contribution >= 0.6 is 7.60 Å². The highest BCUT2D eigenvalue weighted by molar-refractivity contribution is 7.51. The van der Waals surface area contributed by atoms with Crippen molar-refractivity contribution in [3.05, 3.63) is 30.3 Å². The molecule has 0 aliphatic carbocycles. The maximum absolute atomic E-state index is 11.1. The molecule has 0 unspecified atom stereocenters. The Kier molecular flexibility index (Phi) is 5.34. The molecule has 0 atom stereocenters. The summed E-state index contributed by atoms with van der Waals surface area (Å²) in [6, 6.07) is 8.95. The van der Waals surface area contributed by atoms with Gasteiger partial charge >= 0.3 is 7.60 Å². The Balaban J connectivity index is 2.70. The minimum Gasteiger partial charge on any atom is -0.358 e. The van der Waals surface area contributed by atoms with Crippen molar-refractivity contribution in [3.8, 4) is 0 Å². The molecule has 7 heteroatoms. The van der Waals surface area contributed by atoms with E-state index in [-0.39, 0.29) is 12.2 Å². The van der Waals surface area contributed by atoms with Crippen LogP contribution in [0.4, 0.5) is 5.69 Å². The minimum atomic E-state index is -4.14. The molecule has 0 saturated carbocycles. The van der Waals surface area contributed by atoms with Crippen molar-refractivity contribution in [2.45, 2.75) is 6.92 Å². The molecule has 0 heterocycles. The molecule has 0 spiro atoms. The third-order valence-electron chi connectivity index (χ3n) is 2.23. The summed E-state index contributed by atoms with van der Waals surface area (Å²) in [6.45, 7) is 2.08. The smallest absolute Gasteiger partial charge is 0.344 e. The molecule has 1 amide bonds. The number of amides is 1. The summed E-state index contributed by atoms with van der Waals surface area (Å²) in [4.78, 5) is 30.4. The SMILES string of the molecule is CC(=O)NCCN(CP(=O)(O)O)c1ccccc1. The molecule has 18 heavy (non-hydrogen) atoms. The zero-order chi connectivity index (χ0) is 13.6. The zero-order valence-corrected chi connectivity index (χ0v) is 11.0. The fourth-order valence-electron chi connectivity index (χ4n) is 1.51. The van der Waals surface area contributed by atoms with E-state index in [2.05, 4.69) is 5.32 Å². The first kappa shape index (κ1) is 14.7. The Hall–Kier alpha value is -1.36. The summed E-state index contributed by atoms with van der Waals surface area (Å²) in [6.07, 6.45) is -0.364. The molecule has 0 saturated heterocycles. The third-order valence-corrected chi connectivity index (χ3v) is 2.94. The summed E-state index contributed by atoms with van der Waals surface area (Å²) >= 11 is 0. The molecule has 3 N–H and O–H groups in total. The van der Waals surface area contributed by atoms with Crippen LogP contribution in [-0.2, 0) is 9.36 Å². The second-order valence-electron chi connectivity index (χ2n) is 3.89. The molecule has 0 aromatic heterocycles. The summed E-state index contributed by atoms with van der Waals surface area (Å²) in [5.41, 5.74) is 0.714. The normalized spacial score (nSPS) is 11.1. The quantitative estimate of drug-likeness (QED) is 0.665. The summed E-state index contributed by atoms with van der Waals surface area (Å²) in [7, 11) is -4.14. The van der Waals surface area contributed by atoms with E-state index in [1.54, 1.807) is 29.2 Å². The van der Waals surface area contributed by atoms with Gasteiger partial charge in [0.15, 0.2) is 0 Å². The number of nitrogens with one attached hydrogen (secondary N) is 1. The number of nitrogens with zero attached hydrogens (tertiary/aromatic N) is 1. The van der Waals surface area contributed by atoms with Gasteiger partial charge in [0.1, 0.15) is 6.29 Å². The van der Waals surface area contributed by atoms with Gasteiger partial charge in [0.05, 0.1) is 0 Å². The van der Waals surface area contributed by atoms with Crippen LogP contribution in [0.2, 0.25) is 0 Å². The molecule has 0 radical (unpaired) electrons. The second-order valence-corrected chi connectivity index (χ2v) is 5.50. The molecule has 0 aliphatic rings. The van der Waals surface area contributed by atoms with E-state index in [1.165, 1.54) is 6.92 Å². The predicted octanol–water partition coefficient (Wildman–Crippen LogP) is 0.764. The van der Waals surface area contributed by atoms with Crippen LogP contribution in [0.1, 0.15) is 6.92 Å². The second kappa shape index (κ2) is 6.54. The van der Waals surface area contributed by atoms with E-state index in [9.17, 15) is 9.36 Å². The monoisotopic (exact) mass is 272 g/mol.